The van der Waals surface area contributed by atoms with E-state index in [1.807, 2.05) is 0 Å². The predicted octanol–water partition coefficient (Wildman–Crippen LogP) is 4.00. The van der Waals surface area contributed by atoms with Gasteiger partial charge in [-0.1, -0.05) is 22.0 Å². The van der Waals surface area contributed by atoms with Crippen LogP contribution in [0.4, 0.5) is 8.78 Å². The van der Waals surface area contributed by atoms with E-state index in [-0.39, 0.29) is 12.4 Å². The maximum atomic E-state index is 13.4. The van der Waals surface area contributed by atoms with E-state index in [1.165, 1.54) is 30.3 Å². The summed E-state index contributed by atoms with van der Waals surface area (Å²) in [5, 5.41) is 8.95. The Morgan fingerprint density at radius 3 is 2.70 bits per heavy atom. The molecule has 0 fully saturated rings. The lowest BCUT2D eigenvalue weighted by Crippen LogP contribution is -2.06. The van der Waals surface area contributed by atoms with Crippen LogP contribution in [-0.4, -0.2) is 11.1 Å². The Hall–Kier alpha value is -1.95. The summed E-state index contributed by atoms with van der Waals surface area (Å²) in [5.74, 6) is -2.84. The van der Waals surface area contributed by atoms with Crippen LogP contribution in [-0.2, 0) is 6.61 Å². The Morgan fingerprint density at radius 2 is 2.00 bits per heavy atom. The van der Waals surface area contributed by atoms with E-state index < -0.39 is 23.2 Å². The number of hydrogen-bond donors (Lipinski definition) is 1. The van der Waals surface area contributed by atoms with Crippen molar-refractivity contribution >= 4 is 21.9 Å². The molecule has 0 amide bonds. The summed E-state index contributed by atoms with van der Waals surface area (Å²) in [5.41, 5.74) is -0.0503. The highest BCUT2D eigenvalue weighted by Gasteiger charge is 2.17. The fraction of sp³-hybridized carbons (Fsp3) is 0.0714. The fourth-order valence-electron chi connectivity index (χ4n) is 1.64. The topological polar surface area (TPSA) is 46.5 Å². The molecule has 104 valence electrons. The molecule has 20 heavy (non-hydrogen) atoms. The lowest BCUT2D eigenvalue weighted by molar-refractivity contribution is 0.0686. The summed E-state index contributed by atoms with van der Waals surface area (Å²) in [6, 6.07) is 7.77. The molecule has 2 aromatic carbocycles. The van der Waals surface area contributed by atoms with E-state index in [0.29, 0.717) is 10.0 Å². The zero-order valence-electron chi connectivity index (χ0n) is 10.1. The number of carboxylic acids is 1. The Kier molecular flexibility index (Phi) is 4.34. The molecule has 0 aliphatic heterocycles. The molecular formula is C14H9BrF2O3. The molecule has 2 rings (SSSR count). The second-order valence-corrected chi connectivity index (χ2v) is 4.80. The van der Waals surface area contributed by atoms with Gasteiger partial charge in [-0.15, -0.1) is 0 Å². The van der Waals surface area contributed by atoms with Gasteiger partial charge in [0.1, 0.15) is 29.6 Å². The molecule has 0 spiro atoms. The standard InChI is InChI=1S/C14H9BrF2O3/c15-10-5-4-9(16)6-8(10)7-20-12-3-1-2-11(17)13(12)14(18)19/h1-6H,7H2,(H,18,19). The van der Waals surface area contributed by atoms with Gasteiger partial charge in [-0.2, -0.15) is 0 Å². The lowest BCUT2D eigenvalue weighted by atomic mass is 10.2. The molecule has 6 heteroatoms. The number of ether oxygens (including phenoxy) is 1. The Labute approximate surface area is 121 Å². The van der Waals surface area contributed by atoms with Crippen molar-refractivity contribution in [3.05, 3.63) is 63.6 Å². The molecule has 0 saturated heterocycles. The first kappa shape index (κ1) is 14.5. The molecule has 0 unspecified atom stereocenters. The Bertz CT molecular complexity index is 659. The van der Waals surface area contributed by atoms with E-state index in [4.69, 9.17) is 9.84 Å². The van der Waals surface area contributed by atoms with Gasteiger partial charge in [0.2, 0.25) is 0 Å². The highest BCUT2D eigenvalue weighted by atomic mass is 79.9. The van der Waals surface area contributed by atoms with Crippen LogP contribution in [0.3, 0.4) is 0 Å². The van der Waals surface area contributed by atoms with Crippen LogP contribution in [0.25, 0.3) is 0 Å². The Balaban J connectivity index is 2.25. The molecule has 2 aromatic rings. The van der Waals surface area contributed by atoms with Crippen LogP contribution in [0.2, 0.25) is 0 Å². The van der Waals surface area contributed by atoms with E-state index in [1.54, 1.807) is 0 Å². The van der Waals surface area contributed by atoms with Crippen LogP contribution in [0.5, 0.6) is 5.75 Å². The minimum absolute atomic E-state index is 0.0813. The van der Waals surface area contributed by atoms with Crippen molar-refractivity contribution in [2.45, 2.75) is 6.61 Å². The van der Waals surface area contributed by atoms with Gasteiger partial charge in [-0.05, 0) is 30.3 Å². The molecule has 1 N–H and O–H groups in total. The summed E-state index contributed by atoms with van der Waals surface area (Å²) in [7, 11) is 0. The summed E-state index contributed by atoms with van der Waals surface area (Å²) in [6.45, 7) is -0.0813. The number of carbonyl (C=O) groups is 1. The third kappa shape index (κ3) is 3.14. The molecule has 0 radical (unpaired) electrons. The summed E-state index contributed by atoms with van der Waals surface area (Å²) in [4.78, 5) is 11.0. The first-order valence-electron chi connectivity index (χ1n) is 5.57. The highest BCUT2D eigenvalue weighted by molar-refractivity contribution is 9.10. The second kappa shape index (κ2) is 6.00. The van der Waals surface area contributed by atoms with Crippen LogP contribution in [0.15, 0.2) is 40.9 Å². The molecule has 0 aliphatic rings. The van der Waals surface area contributed by atoms with Crippen molar-refractivity contribution in [3.8, 4) is 5.75 Å². The normalized spacial score (nSPS) is 10.3. The van der Waals surface area contributed by atoms with Gasteiger partial charge < -0.3 is 9.84 Å². The zero-order valence-corrected chi connectivity index (χ0v) is 11.7. The summed E-state index contributed by atoms with van der Waals surface area (Å²) < 4.78 is 32.5. The van der Waals surface area contributed by atoms with Crippen LogP contribution in [0.1, 0.15) is 15.9 Å². The minimum Gasteiger partial charge on any atom is -0.488 e. The lowest BCUT2D eigenvalue weighted by Gasteiger charge is -2.11. The van der Waals surface area contributed by atoms with Crippen molar-refractivity contribution in [2.24, 2.45) is 0 Å². The van der Waals surface area contributed by atoms with Gasteiger partial charge in [-0.25, -0.2) is 13.6 Å². The first-order valence-corrected chi connectivity index (χ1v) is 6.37. The van der Waals surface area contributed by atoms with Gasteiger partial charge in [0.15, 0.2) is 0 Å². The third-order valence-corrected chi connectivity index (χ3v) is 3.35. The fourth-order valence-corrected chi connectivity index (χ4v) is 2.00. The maximum Gasteiger partial charge on any atom is 0.342 e. The van der Waals surface area contributed by atoms with Crippen LogP contribution in [0, 0.1) is 11.6 Å². The molecule has 0 bridgehead atoms. The Morgan fingerprint density at radius 1 is 1.25 bits per heavy atom. The van der Waals surface area contributed by atoms with Crippen molar-refractivity contribution in [2.75, 3.05) is 0 Å². The van der Waals surface area contributed by atoms with Crippen LogP contribution < -0.4 is 4.74 Å². The molecule has 0 aromatic heterocycles. The largest absolute Gasteiger partial charge is 0.488 e. The average Bonchev–Trinajstić information content (AvgIpc) is 2.39. The van der Waals surface area contributed by atoms with Gasteiger partial charge in [-0.3, -0.25) is 0 Å². The van der Waals surface area contributed by atoms with Crippen LogP contribution >= 0.6 is 15.9 Å². The minimum atomic E-state index is -1.42. The van der Waals surface area contributed by atoms with E-state index >= 15 is 0 Å². The number of aromatic carboxylic acids is 1. The molecule has 3 nitrogen and oxygen atoms in total. The molecule has 0 aliphatic carbocycles. The second-order valence-electron chi connectivity index (χ2n) is 3.94. The number of hydrogen-bond acceptors (Lipinski definition) is 2. The number of rotatable bonds is 4. The number of benzene rings is 2. The number of carboxylic acid groups (broad SMARTS) is 1. The summed E-state index contributed by atoms with van der Waals surface area (Å²) >= 11 is 3.23. The predicted molar refractivity (Wildman–Crippen MR) is 71.8 cm³/mol. The zero-order chi connectivity index (χ0) is 14.7. The number of halogens is 3. The van der Waals surface area contributed by atoms with Crippen molar-refractivity contribution < 1.29 is 23.4 Å². The smallest absolute Gasteiger partial charge is 0.342 e. The van der Waals surface area contributed by atoms with Gasteiger partial charge in [0.05, 0.1) is 0 Å². The van der Waals surface area contributed by atoms with Crippen molar-refractivity contribution in [1.82, 2.24) is 0 Å². The van der Waals surface area contributed by atoms with E-state index in [2.05, 4.69) is 15.9 Å². The van der Waals surface area contributed by atoms with Crippen molar-refractivity contribution in [3.63, 3.8) is 0 Å². The molecule has 0 heterocycles. The highest BCUT2D eigenvalue weighted by Crippen LogP contribution is 2.24. The maximum absolute atomic E-state index is 13.4. The third-order valence-electron chi connectivity index (χ3n) is 2.58. The van der Waals surface area contributed by atoms with Gasteiger partial charge >= 0.3 is 5.97 Å². The molecule has 0 saturated carbocycles. The quantitative estimate of drug-likeness (QED) is 0.913. The monoisotopic (exact) mass is 342 g/mol. The van der Waals surface area contributed by atoms with E-state index in [9.17, 15) is 13.6 Å². The molecular weight excluding hydrogens is 334 g/mol. The van der Waals surface area contributed by atoms with E-state index in [0.717, 1.165) is 6.07 Å². The first-order chi connectivity index (χ1) is 9.49. The SMILES string of the molecule is O=C(O)c1c(F)cccc1OCc1cc(F)ccc1Br. The summed E-state index contributed by atoms with van der Waals surface area (Å²) in [6.07, 6.45) is 0. The van der Waals surface area contributed by atoms with Gasteiger partial charge in [0, 0.05) is 10.0 Å². The molecule has 0 atom stereocenters. The average molecular weight is 343 g/mol. The van der Waals surface area contributed by atoms with Crippen molar-refractivity contribution in [1.29, 1.82) is 0 Å². The van der Waals surface area contributed by atoms with Gasteiger partial charge in [0.25, 0.3) is 0 Å².